The number of hydrogen-bond acceptors (Lipinski definition) is 4. The summed E-state index contributed by atoms with van der Waals surface area (Å²) in [6, 6.07) is 8.70. The molecule has 0 aliphatic rings. The van der Waals surface area contributed by atoms with Gasteiger partial charge in [0.15, 0.2) is 0 Å². The number of nitrogens with one attached hydrogen (secondary N) is 1. The molecule has 112 valence electrons. The van der Waals surface area contributed by atoms with Gasteiger partial charge in [0.1, 0.15) is 4.99 Å². The molecule has 0 radical (unpaired) electrons. The number of hydrogen-bond donors (Lipinski definition) is 2. The first-order valence-corrected chi connectivity index (χ1v) is 8.27. The molecule has 2 aromatic rings. The number of rotatable bonds is 6. The lowest BCUT2D eigenvalue weighted by molar-refractivity contribution is 0.578. The predicted molar refractivity (Wildman–Crippen MR) is 85.0 cm³/mol. The minimum atomic E-state index is -3.49. The lowest BCUT2D eigenvalue weighted by atomic mass is 10.1. The minimum absolute atomic E-state index is 0.151. The maximum atomic E-state index is 12.1. The number of aryl methyl sites for hydroxylation is 1. The smallest absolute Gasteiger partial charge is 0.216 e. The maximum Gasteiger partial charge on any atom is 0.216 e. The van der Waals surface area contributed by atoms with Crippen molar-refractivity contribution in [1.82, 2.24) is 14.5 Å². The Balaban J connectivity index is 2.09. The quantitative estimate of drug-likeness (QED) is 0.763. The zero-order valence-electron chi connectivity index (χ0n) is 11.5. The molecule has 0 bridgehead atoms. The Morgan fingerprint density at radius 1 is 1.38 bits per heavy atom. The predicted octanol–water partition coefficient (Wildman–Crippen LogP) is 0.674. The summed E-state index contributed by atoms with van der Waals surface area (Å²) in [5.74, 6) is -0.173. The second-order valence-electron chi connectivity index (χ2n) is 4.58. The summed E-state index contributed by atoms with van der Waals surface area (Å²) in [5, 5.41) is 4.12. The van der Waals surface area contributed by atoms with Crippen LogP contribution in [-0.2, 0) is 29.4 Å². The fourth-order valence-corrected chi connectivity index (χ4v) is 3.21. The van der Waals surface area contributed by atoms with E-state index >= 15 is 0 Å². The molecule has 8 heteroatoms. The van der Waals surface area contributed by atoms with Gasteiger partial charge in [-0.3, -0.25) is 4.68 Å². The van der Waals surface area contributed by atoms with Gasteiger partial charge in [-0.05, 0) is 11.6 Å². The molecule has 0 atom stereocenters. The first kappa shape index (κ1) is 15.6. The molecule has 2 rings (SSSR count). The highest BCUT2D eigenvalue weighted by atomic mass is 32.2. The van der Waals surface area contributed by atoms with Gasteiger partial charge in [-0.2, -0.15) is 5.10 Å². The lowest BCUT2D eigenvalue weighted by Gasteiger charge is -2.09. The fourth-order valence-electron chi connectivity index (χ4n) is 1.88. The highest BCUT2D eigenvalue weighted by Gasteiger charge is 2.15. The summed E-state index contributed by atoms with van der Waals surface area (Å²) in [7, 11) is -1.72. The molecule has 0 aliphatic carbocycles. The molecule has 1 aromatic carbocycles. The SMILES string of the molecule is Cn1ccc(CNS(=O)(=O)Cc2ccccc2C(N)=S)n1. The van der Waals surface area contributed by atoms with Gasteiger partial charge in [-0.15, -0.1) is 0 Å². The van der Waals surface area contributed by atoms with Gasteiger partial charge in [0.2, 0.25) is 10.0 Å². The Labute approximate surface area is 129 Å². The number of benzene rings is 1. The van der Waals surface area contributed by atoms with Gasteiger partial charge in [-0.25, -0.2) is 13.1 Å². The van der Waals surface area contributed by atoms with Crippen molar-refractivity contribution in [3.05, 3.63) is 53.3 Å². The number of nitrogens with two attached hydrogens (primary N) is 1. The molecule has 6 nitrogen and oxygen atoms in total. The average molecular weight is 324 g/mol. The van der Waals surface area contributed by atoms with Crippen molar-refractivity contribution in [1.29, 1.82) is 0 Å². The van der Waals surface area contributed by atoms with Gasteiger partial charge < -0.3 is 5.73 Å². The molecule has 1 heterocycles. The van der Waals surface area contributed by atoms with E-state index in [0.717, 1.165) is 0 Å². The molecule has 0 unspecified atom stereocenters. The largest absolute Gasteiger partial charge is 0.389 e. The topological polar surface area (TPSA) is 90.0 Å². The zero-order valence-corrected chi connectivity index (χ0v) is 13.1. The standard InChI is InChI=1S/C13H16N4O2S2/c1-17-7-6-11(16-17)8-15-21(18,19)9-10-4-2-3-5-12(10)13(14)20/h2-7,15H,8-9H2,1H3,(H2,14,20). The highest BCUT2D eigenvalue weighted by molar-refractivity contribution is 7.88. The summed E-state index contributed by atoms with van der Waals surface area (Å²) in [5.41, 5.74) is 7.42. The molecule has 21 heavy (non-hydrogen) atoms. The van der Waals surface area contributed by atoms with E-state index in [1.54, 1.807) is 48.3 Å². The first-order chi connectivity index (χ1) is 9.87. The maximum absolute atomic E-state index is 12.1. The summed E-state index contributed by atoms with van der Waals surface area (Å²) in [6.07, 6.45) is 1.76. The monoisotopic (exact) mass is 324 g/mol. The van der Waals surface area contributed by atoms with Crippen LogP contribution in [0.25, 0.3) is 0 Å². The average Bonchev–Trinajstić information content (AvgIpc) is 2.82. The molecular formula is C13H16N4O2S2. The van der Waals surface area contributed by atoms with E-state index in [9.17, 15) is 8.42 Å². The summed E-state index contributed by atoms with van der Waals surface area (Å²) in [6.45, 7) is 0.151. The van der Waals surface area contributed by atoms with E-state index in [1.807, 2.05) is 0 Å². The van der Waals surface area contributed by atoms with Gasteiger partial charge in [0, 0.05) is 18.8 Å². The summed E-state index contributed by atoms with van der Waals surface area (Å²) >= 11 is 4.93. The molecule has 0 fully saturated rings. The van der Waals surface area contributed by atoms with Crippen LogP contribution in [0.2, 0.25) is 0 Å². The third kappa shape index (κ3) is 4.35. The van der Waals surface area contributed by atoms with E-state index in [-0.39, 0.29) is 17.3 Å². The van der Waals surface area contributed by atoms with Crippen LogP contribution >= 0.6 is 12.2 Å². The van der Waals surface area contributed by atoms with Gasteiger partial charge >= 0.3 is 0 Å². The Morgan fingerprint density at radius 2 is 2.10 bits per heavy atom. The van der Waals surface area contributed by atoms with Crippen LogP contribution in [0.5, 0.6) is 0 Å². The number of thiocarbonyl (C=S) groups is 1. The second-order valence-corrected chi connectivity index (χ2v) is 6.83. The van der Waals surface area contributed by atoms with E-state index < -0.39 is 10.0 Å². The van der Waals surface area contributed by atoms with Crippen LogP contribution in [0.1, 0.15) is 16.8 Å². The number of aromatic nitrogens is 2. The van der Waals surface area contributed by atoms with E-state index in [1.165, 1.54) is 0 Å². The van der Waals surface area contributed by atoms with Crippen LogP contribution in [0.4, 0.5) is 0 Å². The summed E-state index contributed by atoms with van der Waals surface area (Å²) < 4.78 is 28.4. The molecule has 0 spiro atoms. The van der Waals surface area contributed by atoms with Crippen LogP contribution in [0.3, 0.4) is 0 Å². The van der Waals surface area contributed by atoms with E-state index in [4.69, 9.17) is 18.0 Å². The first-order valence-electron chi connectivity index (χ1n) is 6.21. The third-order valence-corrected chi connectivity index (χ3v) is 4.37. The van der Waals surface area contributed by atoms with Crippen LogP contribution in [-0.4, -0.2) is 23.2 Å². The second kappa shape index (κ2) is 6.33. The fraction of sp³-hybridized carbons (Fsp3) is 0.231. The van der Waals surface area contributed by atoms with Gasteiger partial charge in [0.05, 0.1) is 18.0 Å². The van der Waals surface area contributed by atoms with Crippen molar-refractivity contribution >= 4 is 27.2 Å². The Kier molecular flexibility index (Phi) is 4.71. The van der Waals surface area contributed by atoms with Crippen molar-refractivity contribution in [2.45, 2.75) is 12.3 Å². The zero-order chi connectivity index (χ0) is 15.5. The van der Waals surface area contributed by atoms with Crippen LogP contribution < -0.4 is 10.5 Å². The Morgan fingerprint density at radius 3 is 2.71 bits per heavy atom. The Hall–Kier alpha value is -1.77. The van der Waals surface area contributed by atoms with E-state index in [0.29, 0.717) is 16.8 Å². The third-order valence-electron chi connectivity index (χ3n) is 2.87. The molecule has 0 amide bonds. The normalized spacial score (nSPS) is 11.5. The Bertz CT molecular complexity index is 753. The number of sulfonamides is 1. The molecule has 1 aromatic heterocycles. The highest BCUT2D eigenvalue weighted by Crippen LogP contribution is 2.12. The molecule has 0 aliphatic heterocycles. The molecular weight excluding hydrogens is 308 g/mol. The number of nitrogens with zero attached hydrogens (tertiary/aromatic N) is 2. The van der Waals surface area contributed by atoms with Gasteiger partial charge in [-0.1, -0.05) is 36.5 Å². The summed E-state index contributed by atoms with van der Waals surface area (Å²) in [4.78, 5) is 0.186. The van der Waals surface area contributed by atoms with Crippen molar-refractivity contribution in [3.63, 3.8) is 0 Å². The van der Waals surface area contributed by atoms with Crippen molar-refractivity contribution in [2.24, 2.45) is 12.8 Å². The van der Waals surface area contributed by atoms with Gasteiger partial charge in [0.25, 0.3) is 0 Å². The van der Waals surface area contributed by atoms with Crippen LogP contribution in [0.15, 0.2) is 36.5 Å². The molecule has 0 saturated carbocycles. The molecule has 0 saturated heterocycles. The van der Waals surface area contributed by atoms with Crippen LogP contribution in [0, 0.1) is 0 Å². The molecule has 3 N–H and O–H groups in total. The lowest BCUT2D eigenvalue weighted by Crippen LogP contribution is -2.26. The van der Waals surface area contributed by atoms with Crippen molar-refractivity contribution < 1.29 is 8.42 Å². The minimum Gasteiger partial charge on any atom is -0.389 e. The van der Waals surface area contributed by atoms with Crippen molar-refractivity contribution in [2.75, 3.05) is 0 Å². The van der Waals surface area contributed by atoms with Crippen molar-refractivity contribution in [3.8, 4) is 0 Å². The van der Waals surface area contributed by atoms with E-state index in [2.05, 4.69) is 9.82 Å².